The molecule has 0 spiro atoms. The van der Waals surface area contributed by atoms with Crippen LogP contribution in [0.4, 0.5) is 4.39 Å². The van der Waals surface area contributed by atoms with Crippen molar-refractivity contribution in [1.29, 1.82) is 0 Å². The van der Waals surface area contributed by atoms with Gasteiger partial charge in [-0.05, 0) is 32.0 Å². The Labute approximate surface area is 113 Å². The van der Waals surface area contributed by atoms with Crippen LogP contribution in [-0.2, 0) is 4.74 Å². The lowest BCUT2D eigenvalue weighted by molar-refractivity contribution is 0.0552. The third kappa shape index (κ3) is 6.23. The second-order valence-electron chi connectivity index (χ2n) is 4.18. The summed E-state index contributed by atoms with van der Waals surface area (Å²) >= 11 is 0. The number of hydrogen-bond donors (Lipinski definition) is 1. The second kappa shape index (κ2) is 8.52. The summed E-state index contributed by atoms with van der Waals surface area (Å²) in [6, 6.07) is 4.20. The molecule has 0 radical (unpaired) electrons. The highest BCUT2D eigenvalue weighted by atomic mass is 19.1. The van der Waals surface area contributed by atoms with Crippen molar-refractivity contribution in [2.45, 2.75) is 26.4 Å². The molecule has 0 bridgehead atoms. The zero-order valence-corrected chi connectivity index (χ0v) is 11.3. The topological polar surface area (TPSA) is 38.7 Å². The lowest BCUT2D eigenvalue weighted by Gasteiger charge is -2.10. The van der Waals surface area contributed by atoms with E-state index in [1.54, 1.807) is 6.07 Å². The number of aliphatic hydroxyl groups excluding tert-OH is 1. The average molecular weight is 266 g/mol. The van der Waals surface area contributed by atoms with E-state index in [4.69, 9.17) is 14.6 Å². The van der Waals surface area contributed by atoms with Gasteiger partial charge < -0.3 is 14.6 Å². The molecule has 0 amide bonds. The van der Waals surface area contributed by atoms with Crippen molar-refractivity contribution in [3.05, 3.63) is 29.6 Å². The van der Waals surface area contributed by atoms with Crippen molar-refractivity contribution in [2.75, 3.05) is 19.8 Å². The average Bonchev–Trinajstić information content (AvgIpc) is 2.36. The number of hydrogen-bond acceptors (Lipinski definition) is 3. The first-order valence-electron chi connectivity index (χ1n) is 6.27. The van der Waals surface area contributed by atoms with Crippen molar-refractivity contribution in [3.8, 4) is 17.6 Å². The lowest BCUT2D eigenvalue weighted by Crippen LogP contribution is -2.11. The zero-order chi connectivity index (χ0) is 14.1. The van der Waals surface area contributed by atoms with Gasteiger partial charge in [0.15, 0.2) is 0 Å². The molecular formula is C15H19FO3. The molecule has 0 aliphatic carbocycles. The van der Waals surface area contributed by atoms with Crippen molar-refractivity contribution in [3.63, 3.8) is 0 Å². The van der Waals surface area contributed by atoms with Gasteiger partial charge in [0.1, 0.15) is 18.2 Å². The van der Waals surface area contributed by atoms with E-state index in [0.717, 1.165) is 0 Å². The van der Waals surface area contributed by atoms with Crippen LogP contribution in [0.5, 0.6) is 5.75 Å². The second-order valence-corrected chi connectivity index (χ2v) is 4.18. The molecular weight excluding hydrogens is 247 g/mol. The fraction of sp³-hybridized carbons (Fsp3) is 0.467. The molecule has 0 atom stereocenters. The van der Waals surface area contributed by atoms with E-state index in [1.807, 2.05) is 13.8 Å². The maximum atomic E-state index is 13.2. The molecule has 104 valence electrons. The van der Waals surface area contributed by atoms with Gasteiger partial charge in [-0.25, -0.2) is 4.39 Å². The monoisotopic (exact) mass is 266 g/mol. The minimum atomic E-state index is -0.362. The molecule has 1 aromatic carbocycles. The van der Waals surface area contributed by atoms with Gasteiger partial charge in [0.25, 0.3) is 0 Å². The molecule has 0 aromatic heterocycles. The summed E-state index contributed by atoms with van der Waals surface area (Å²) in [5, 5.41) is 8.67. The van der Waals surface area contributed by atoms with E-state index in [-0.39, 0.29) is 18.5 Å². The first kappa shape index (κ1) is 15.5. The number of aliphatic hydroxyl groups is 1. The summed E-state index contributed by atoms with van der Waals surface area (Å²) in [6.45, 7) is 4.74. The summed E-state index contributed by atoms with van der Waals surface area (Å²) in [6.07, 6.45) is 0.507. The van der Waals surface area contributed by atoms with Gasteiger partial charge in [0, 0.05) is 6.42 Å². The van der Waals surface area contributed by atoms with Crippen molar-refractivity contribution < 1.29 is 19.0 Å². The van der Waals surface area contributed by atoms with Crippen molar-refractivity contribution in [2.24, 2.45) is 0 Å². The fourth-order valence-corrected chi connectivity index (χ4v) is 1.37. The number of rotatable bonds is 6. The zero-order valence-electron chi connectivity index (χ0n) is 11.3. The first-order valence-corrected chi connectivity index (χ1v) is 6.27. The summed E-state index contributed by atoms with van der Waals surface area (Å²) < 4.78 is 24.0. The molecule has 1 aromatic rings. The third-order valence-electron chi connectivity index (χ3n) is 2.19. The Kier molecular flexibility index (Phi) is 6.94. The van der Waals surface area contributed by atoms with Gasteiger partial charge in [-0.15, -0.1) is 0 Å². The van der Waals surface area contributed by atoms with Crippen molar-refractivity contribution >= 4 is 0 Å². The molecule has 19 heavy (non-hydrogen) atoms. The van der Waals surface area contributed by atoms with Gasteiger partial charge in [0.05, 0.1) is 24.9 Å². The molecule has 1 N–H and O–H groups in total. The standard InChI is InChI=1S/C15H19FO3/c1-12(2)18-9-10-19-15-7-6-14(16)11-13(15)5-3-4-8-17/h6-7,11-12,17H,4,8-10H2,1-2H3. The SMILES string of the molecule is CC(C)OCCOc1ccc(F)cc1C#CCCO. The van der Waals surface area contributed by atoms with Crippen LogP contribution in [0.1, 0.15) is 25.8 Å². The fourth-order valence-electron chi connectivity index (χ4n) is 1.37. The Bertz CT molecular complexity index is 446. The highest BCUT2D eigenvalue weighted by Crippen LogP contribution is 2.18. The maximum absolute atomic E-state index is 13.2. The molecule has 0 saturated carbocycles. The molecule has 3 nitrogen and oxygen atoms in total. The smallest absolute Gasteiger partial charge is 0.135 e. The van der Waals surface area contributed by atoms with Crippen molar-refractivity contribution in [1.82, 2.24) is 0 Å². The Morgan fingerprint density at radius 1 is 1.32 bits per heavy atom. The molecule has 0 unspecified atom stereocenters. The van der Waals surface area contributed by atoms with Crippen LogP contribution < -0.4 is 4.74 Å². The third-order valence-corrected chi connectivity index (χ3v) is 2.19. The van der Waals surface area contributed by atoms with Crippen LogP contribution in [0.25, 0.3) is 0 Å². The van der Waals surface area contributed by atoms with Crippen LogP contribution in [0.2, 0.25) is 0 Å². The summed E-state index contributed by atoms with van der Waals surface area (Å²) in [5.74, 6) is 5.70. The van der Waals surface area contributed by atoms with Crippen LogP contribution >= 0.6 is 0 Å². The van der Waals surface area contributed by atoms with E-state index in [9.17, 15) is 4.39 Å². The molecule has 0 saturated heterocycles. The van der Waals surface area contributed by atoms with Crippen LogP contribution in [0.15, 0.2) is 18.2 Å². The van der Waals surface area contributed by atoms with E-state index in [1.165, 1.54) is 12.1 Å². The van der Waals surface area contributed by atoms with E-state index in [0.29, 0.717) is 30.9 Å². The lowest BCUT2D eigenvalue weighted by atomic mass is 10.2. The number of benzene rings is 1. The molecule has 1 rings (SSSR count). The van der Waals surface area contributed by atoms with E-state index < -0.39 is 0 Å². The van der Waals surface area contributed by atoms with Gasteiger partial charge >= 0.3 is 0 Å². The maximum Gasteiger partial charge on any atom is 0.135 e. The van der Waals surface area contributed by atoms with Gasteiger partial charge in [-0.1, -0.05) is 11.8 Å². The Morgan fingerprint density at radius 2 is 2.11 bits per heavy atom. The molecule has 0 fully saturated rings. The molecule has 4 heteroatoms. The summed E-state index contributed by atoms with van der Waals surface area (Å²) in [4.78, 5) is 0. The van der Waals surface area contributed by atoms with E-state index in [2.05, 4.69) is 11.8 Å². The van der Waals surface area contributed by atoms with Crippen LogP contribution in [0.3, 0.4) is 0 Å². The highest BCUT2D eigenvalue weighted by molar-refractivity contribution is 5.46. The van der Waals surface area contributed by atoms with E-state index >= 15 is 0 Å². The Balaban J connectivity index is 2.64. The summed E-state index contributed by atoms with van der Waals surface area (Å²) in [7, 11) is 0. The Morgan fingerprint density at radius 3 is 2.79 bits per heavy atom. The predicted molar refractivity (Wildman–Crippen MR) is 71.6 cm³/mol. The van der Waals surface area contributed by atoms with Gasteiger partial charge in [-0.2, -0.15) is 0 Å². The number of halogens is 1. The normalized spacial score (nSPS) is 10.2. The summed E-state index contributed by atoms with van der Waals surface area (Å²) in [5.41, 5.74) is 0.484. The first-order chi connectivity index (χ1) is 9.13. The molecule has 0 aliphatic rings. The predicted octanol–water partition coefficient (Wildman–Crippen LogP) is 2.36. The minimum Gasteiger partial charge on any atom is -0.490 e. The Hall–Kier alpha value is -1.57. The largest absolute Gasteiger partial charge is 0.490 e. The van der Waals surface area contributed by atoms with Gasteiger partial charge in [-0.3, -0.25) is 0 Å². The number of ether oxygens (including phenoxy) is 2. The molecule has 0 aliphatic heterocycles. The van der Waals surface area contributed by atoms with Gasteiger partial charge in [0.2, 0.25) is 0 Å². The highest BCUT2D eigenvalue weighted by Gasteiger charge is 2.03. The minimum absolute atomic E-state index is 0.0132. The van der Waals surface area contributed by atoms with Crippen LogP contribution in [0, 0.1) is 17.7 Å². The molecule has 0 heterocycles. The van der Waals surface area contributed by atoms with Crippen LogP contribution in [-0.4, -0.2) is 31.0 Å². The quantitative estimate of drug-likeness (QED) is 0.634.